The summed E-state index contributed by atoms with van der Waals surface area (Å²) in [6.45, 7) is -0.573. The first-order valence-electron chi connectivity index (χ1n) is 6.56. The first-order valence-corrected chi connectivity index (χ1v) is 6.56. The smallest absolute Gasteiger partial charge is 0.422 e. The van der Waals surface area contributed by atoms with Crippen molar-refractivity contribution in [1.82, 2.24) is 9.88 Å². The summed E-state index contributed by atoms with van der Waals surface area (Å²) in [6.07, 6.45) is -1.60. The van der Waals surface area contributed by atoms with Crippen molar-refractivity contribution in [2.45, 2.75) is 25.1 Å². The van der Waals surface area contributed by atoms with Gasteiger partial charge in [-0.05, 0) is 25.0 Å². The number of nitrogens with two attached hydrogens (primary N) is 1. The Morgan fingerprint density at radius 2 is 2.29 bits per heavy atom. The maximum atomic E-state index is 12.4. The van der Waals surface area contributed by atoms with Crippen molar-refractivity contribution in [3.05, 3.63) is 23.9 Å². The summed E-state index contributed by atoms with van der Waals surface area (Å²) in [7, 11) is 0. The van der Waals surface area contributed by atoms with Crippen LogP contribution in [-0.2, 0) is 0 Å². The molecule has 1 aromatic rings. The predicted octanol–water partition coefficient (Wildman–Crippen LogP) is 1.59. The molecule has 1 aromatic heterocycles. The Morgan fingerprint density at radius 3 is 2.95 bits per heavy atom. The maximum absolute atomic E-state index is 12.4. The van der Waals surface area contributed by atoms with Crippen LogP contribution in [0.5, 0.6) is 5.88 Å². The standard InChI is InChI=1S/C13H16F3N3O2/c14-13(15,16)8-21-11-10(4-1-5-18-11)12(20)19-6-2-3-9(17)7-19/h1,4-5,9H,2-3,6-8,17H2/t9-/m1/s1. The highest BCUT2D eigenvalue weighted by Gasteiger charge is 2.30. The zero-order chi connectivity index (χ0) is 15.5. The number of alkyl halides is 3. The van der Waals surface area contributed by atoms with Crippen LogP contribution in [0.3, 0.4) is 0 Å². The number of piperidine rings is 1. The quantitative estimate of drug-likeness (QED) is 0.920. The van der Waals surface area contributed by atoms with Gasteiger partial charge in [-0.25, -0.2) is 4.98 Å². The summed E-state index contributed by atoms with van der Waals surface area (Å²) in [5.41, 5.74) is 5.83. The van der Waals surface area contributed by atoms with Gasteiger partial charge in [-0.15, -0.1) is 0 Å². The van der Waals surface area contributed by atoms with Crippen molar-refractivity contribution in [2.75, 3.05) is 19.7 Å². The number of rotatable bonds is 3. The van der Waals surface area contributed by atoms with Crippen LogP contribution in [0.15, 0.2) is 18.3 Å². The van der Waals surface area contributed by atoms with Gasteiger partial charge in [0.25, 0.3) is 5.91 Å². The normalized spacial score (nSPS) is 19.4. The van der Waals surface area contributed by atoms with Crippen LogP contribution in [0.1, 0.15) is 23.2 Å². The number of amides is 1. The van der Waals surface area contributed by atoms with Crippen LogP contribution in [0.4, 0.5) is 13.2 Å². The molecule has 1 atom stereocenters. The van der Waals surface area contributed by atoms with E-state index in [4.69, 9.17) is 5.73 Å². The Morgan fingerprint density at radius 1 is 1.52 bits per heavy atom. The average Bonchev–Trinajstić information content (AvgIpc) is 2.44. The third kappa shape index (κ3) is 4.32. The van der Waals surface area contributed by atoms with E-state index in [1.165, 1.54) is 23.2 Å². The van der Waals surface area contributed by atoms with Gasteiger partial charge in [-0.1, -0.05) is 0 Å². The molecule has 2 N–H and O–H groups in total. The summed E-state index contributed by atoms with van der Waals surface area (Å²) >= 11 is 0. The topological polar surface area (TPSA) is 68.5 Å². The van der Waals surface area contributed by atoms with Crippen molar-refractivity contribution in [3.63, 3.8) is 0 Å². The maximum Gasteiger partial charge on any atom is 0.422 e. The van der Waals surface area contributed by atoms with Crippen LogP contribution < -0.4 is 10.5 Å². The van der Waals surface area contributed by atoms with E-state index < -0.39 is 18.7 Å². The van der Waals surface area contributed by atoms with E-state index >= 15 is 0 Å². The van der Waals surface area contributed by atoms with Gasteiger partial charge >= 0.3 is 6.18 Å². The molecule has 0 aliphatic carbocycles. The van der Waals surface area contributed by atoms with Crippen LogP contribution in [-0.4, -0.2) is 47.7 Å². The summed E-state index contributed by atoms with van der Waals surface area (Å²) in [5.74, 6) is -0.714. The third-order valence-electron chi connectivity index (χ3n) is 3.12. The van der Waals surface area contributed by atoms with Crippen LogP contribution in [0, 0.1) is 0 Å². The minimum absolute atomic E-state index is 0.0239. The van der Waals surface area contributed by atoms with E-state index in [0.29, 0.717) is 13.1 Å². The van der Waals surface area contributed by atoms with E-state index in [1.54, 1.807) is 0 Å². The van der Waals surface area contributed by atoms with E-state index in [1.807, 2.05) is 0 Å². The number of likely N-dealkylation sites (tertiary alicyclic amines) is 1. The summed E-state index contributed by atoms with van der Waals surface area (Å²) in [4.78, 5) is 17.6. The van der Waals surface area contributed by atoms with Crippen molar-refractivity contribution in [3.8, 4) is 5.88 Å². The Hall–Kier alpha value is -1.83. The van der Waals surface area contributed by atoms with Gasteiger partial charge in [-0.2, -0.15) is 13.2 Å². The fourth-order valence-electron chi connectivity index (χ4n) is 2.18. The van der Waals surface area contributed by atoms with Gasteiger partial charge in [-0.3, -0.25) is 4.79 Å². The molecule has 0 radical (unpaired) electrons. The second-order valence-electron chi connectivity index (χ2n) is 4.91. The first kappa shape index (κ1) is 15.6. The largest absolute Gasteiger partial charge is 0.467 e. The highest BCUT2D eigenvalue weighted by atomic mass is 19.4. The Labute approximate surface area is 119 Å². The highest BCUT2D eigenvalue weighted by Crippen LogP contribution is 2.22. The number of aromatic nitrogens is 1. The summed E-state index contributed by atoms with van der Waals surface area (Å²) in [5, 5.41) is 0. The van der Waals surface area contributed by atoms with Crippen LogP contribution in [0.2, 0.25) is 0 Å². The lowest BCUT2D eigenvalue weighted by Crippen LogP contribution is -2.45. The molecule has 2 rings (SSSR count). The number of hydrogen-bond donors (Lipinski definition) is 1. The fourth-order valence-corrected chi connectivity index (χ4v) is 2.18. The molecule has 0 spiro atoms. The molecule has 21 heavy (non-hydrogen) atoms. The first-order chi connectivity index (χ1) is 9.87. The zero-order valence-corrected chi connectivity index (χ0v) is 11.3. The molecule has 1 aliphatic rings. The van der Waals surface area contributed by atoms with Crippen molar-refractivity contribution in [1.29, 1.82) is 0 Å². The molecule has 1 aliphatic heterocycles. The molecule has 1 saturated heterocycles. The van der Waals surface area contributed by atoms with Gasteiger partial charge in [0.05, 0.1) is 0 Å². The van der Waals surface area contributed by atoms with E-state index in [2.05, 4.69) is 9.72 Å². The molecule has 1 amide bonds. The second-order valence-corrected chi connectivity index (χ2v) is 4.91. The molecule has 1 fully saturated rings. The lowest BCUT2D eigenvalue weighted by molar-refractivity contribution is -0.154. The summed E-state index contributed by atoms with van der Waals surface area (Å²) in [6, 6.07) is 2.78. The molecular formula is C13H16F3N3O2. The molecule has 116 valence electrons. The van der Waals surface area contributed by atoms with Gasteiger partial charge in [0.1, 0.15) is 5.56 Å². The highest BCUT2D eigenvalue weighted by molar-refractivity contribution is 5.96. The van der Waals surface area contributed by atoms with E-state index in [9.17, 15) is 18.0 Å². The minimum atomic E-state index is -4.48. The molecule has 0 bridgehead atoms. The number of ether oxygens (including phenoxy) is 1. The monoisotopic (exact) mass is 303 g/mol. The van der Waals surface area contributed by atoms with Crippen LogP contribution in [0.25, 0.3) is 0 Å². The SMILES string of the molecule is N[C@@H]1CCCN(C(=O)c2cccnc2OCC(F)(F)F)C1. The van der Waals surface area contributed by atoms with Crippen molar-refractivity contribution >= 4 is 5.91 Å². The van der Waals surface area contributed by atoms with Gasteiger partial charge in [0.15, 0.2) is 6.61 Å². The number of nitrogens with zero attached hydrogens (tertiary/aromatic N) is 2. The number of pyridine rings is 1. The number of carbonyl (C=O) groups excluding carboxylic acids is 1. The fraction of sp³-hybridized carbons (Fsp3) is 0.538. The number of halogens is 3. The Bertz CT molecular complexity index is 508. The van der Waals surface area contributed by atoms with Gasteiger partial charge in [0, 0.05) is 25.3 Å². The molecule has 2 heterocycles. The van der Waals surface area contributed by atoms with Crippen LogP contribution >= 0.6 is 0 Å². The molecular weight excluding hydrogens is 287 g/mol. The molecule has 0 unspecified atom stereocenters. The predicted molar refractivity (Wildman–Crippen MR) is 68.9 cm³/mol. The number of carbonyl (C=O) groups is 1. The second kappa shape index (κ2) is 6.30. The Balaban J connectivity index is 2.13. The lowest BCUT2D eigenvalue weighted by Gasteiger charge is -2.31. The lowest BCUT2D eigenvalue weighted by atomic mass is 10.1. The zero-order valence-electron chi connectivity index (χ0n) is 11.3. The third-order valence-corrected chi connectivity index (χ3v) is 3.12. The van der Waals surface area contributed by atoms with E-state index in [0.717, 1.165) is 12.8 Å². The molecule has 8 heteroatoms. The van der Waals surface area contributed by atoms with E-state index in [-0.39, 0.29) is 17.5 Å². The minimum Gasteiger partial charge on any atom is -0.467 e. The summed E-state index contributed by atoms with van der Waals surface area (Å²) < 4.78 is 41.3. The molecule has 0 aromatic carbocycles. The molecule has 0 saturated carbocycles. The van der Waals surface area contributed by atoms with Crippen molar-refractivity contribution < 1.29 is 22.7 Å². The average molecular weight is 303 g/mol. The van der Waals surface area contributed by atoms with Crippen molar-refractivity contribution in [2.24, 2.45) is 5.73 Å². The Kier molecular flexibility index (Phi) is 4.66. The van der Waals surface area contributed by atoms with Gasteiger partial charge < -0.3 is 15.4 Å². The molecule has 5 nitrogen and oxygen atoms in total. The number of hydrogen-bond acceptors (Lipinski definition) is 4. The van der Waals surface area contributed by atoms with Gasteiger partial charge in [0.2, 0.25) is 5.88 Å².